The van der Waals surface area contributed by atoms with Crippen LogP contribution in [0.1, 0.15) is 24.5 Å². The molecule has 1 N–H and O–H groups in total. The molecule has 16 heavy (non-hydrogen) atoms. The second kappa shape index (κ2) is 5.46. The maximum Gasteiger partial charge on any atom is 0.0237 e. The zero-order chi connectivity index (χ0) is 11.4. The van der Waals surface area contributed by atoms with Gasteiger partial charge in [0, 0.05) is 25.7 Å². The summed E-state index contributed by atoms with van der Waals surface area (Å²) in [5.41, 5.74) is 2.88. The van der Waals surface area contributed by atoms with Crippen molar-refractivity contribution in [2.45, 2.75) is 32.9 Å². The van der Waals surface area contributed by atoms with E-state index in [-0.39, 0.29) is 0 Å². The van der Waals surface area contributed by atoms with Crippen molar-refractivity contribution in [3.05, 3.63) is 35.4 Å². The fraction of sp³-hybridized carbons (Fsp3) is 0.571. The molecule has 0 bridgehead atoms. The minimum atomic E-state index is 0.703. The van der Waals surface area contributed by atoms with Gasteiger partial charge in [0.25, 0.3) is 0 Å². The molecule has 1 atom stereocenters. The van der Waals surface area contributed by atoms with E-state index >= 15 is 0 Å². The predicted molar refractivity (Wildman–Crippen MR) is 68.5 cm³/mol. The smallest absolute Gasteiger partial charge is 0.0237 e. The summed E-state index contributed by atoms with van der Waals surface area (Å²) >= 11 is 0. The van der Waals surface area contributed by atoms with Gasteiger partial charge in [0.15, 0.2) is 0 Å². The summed E-state index contributed by atoms with van der Waals surface area (Å²) in [6, 6.07) is 9.40. The van der Waals surface area contributed by atoms with E-state index < -0.39 is 0 Å². The number of nitrogens with zero attached hydrogens (tertiary/aromatic N) is 1. The standard InChI is InChI=1S/C14H22N2/c1-3-15-14-8-9-16(11-14)10-13-7-5-4-6-12(13)2/h4-7,14-15H,3,8-11H2,1-2H3. The van der Waals surface area contributed by atoms with Crippen LogP contribution in [0.15, 0.2) is 24.3 Å². The first-order valence-electron chi connectivity index (χ1n) is 6.30. The van der Waals surface area contributed by atoms with E-state index in [1.165, 1.54) is 30.6 Å². The molecule has 1 aliphatic heterocycles. The van der Waals surface area contributed by atoms with Crippen LogP contribution in [0, 0.1) is 6.92 Å². The summed E-state index contributed by atoms with van der Waals surface area (Å²) in [6.45, 7) is 9.00. The summed E-state index contributed by atoms with van der Waals surface area (Å²) in [7, 11) is 0. The monoisotopic (exact) mass is 218 g/mol. The Labute approximate surface area is 98.7 Å². The van der Waals surface area contributed by atoms with Crippen molar-refractivity contribution >= 4 is 0 Å². The maximum absolute atomic E-state index is 3.53. The van der Waals surface area contributed by atoms with Crippen LogP contribution in [0.5, 0.6) is 0 Å². The molecule has 0 amide bonds. The van der Waals surface area contributed by atoms with Gasteiger partial charge in [-0.25, -0.2) is 0 Å². The molecule has 0 aliphatic carbocycles. The second-order valence-electron chi connectivity index (χ2n) is 4.70. The number of nitrogens with one attached hydrogen (secondary N) is 1. The third kappa shape index (κ3) is 2.83. The Kier molecular flexibility index (Phi) is 3.97. The van der Waals surface area contributed by atoms with E-state index in [4.69, 9.17) is 0 Å². The Balaban J connectivity index is 1.90. The third-order valence-corrected chi connectivity index (χ3v) is 3.42. The first-order valence-corrected chi connectivity index (χ1v) is 6.30. The molecule has 1 saturated heterocycles. The molecule has 1 aromatic rings. The van der Waals surface area contributed by atoms with Crippen LogP contribution in [-0.4, -0.2) is 30.6 Å². The molecule has 1 aromatic carbocycles. The summed E-state index contributed by atoms with van der Waals surface area (Å²) in [5.74, 6) is 0. The van der Waals surface area contributed by atoms with E-state index in [0.717, 1.165) is 13.1 Å². The number of aryl methyl sites for hydroxylation is 1. The number of likely N-dealkylation sites (tertiary alicyclic amines) is 1. The predicted octanol–water partition coefficient (Wildman–Crippen LogP) is 2.18. The number of hydrogen-bond acceptors (Lipinski definition) is 2. The van der Waals surface area contributed by atoms with E-state index in [9.17, 15) is 0 Å². The maximum atomic E-state index is 3.53. The van der Waals surface area contributed by atoms with Gasteiger partial charge < -0.3 is 5.32 Å². The molecular weight excluding hydrogens is 196 g/mol. The van der Waals surface area contributed by atoms with Crippen molar-refractivity contribution in [1.29, 1.82) is 0 Å². The minimum Gasteiger partial charge on any atom is -0.313 e. The summed E-state index contributed by atoms with van der Waals surface area (Å²) in [4.78, 5) is 2.55. The van der Waals surface area contributed by atoms with Crippen molar-refractivity contribution in [3.63, 3.8) is 0 Å². The van der Waals surface area contributed by atoms with Gasteiger partial charge in [0.1, 0.15) is 0 Å². The van der Waals surface area contributed by atoms with Crippen molar-refractivity contribution in [2.24, 2.45) is 0 Å². The van der Waals surface area contributed by atoms with Gasteiger partial charge >= 0.3 is 0 Å². The highest BCUT2D eigenvalue weighted by molar-refractivity contribution is 5.25. The van der Waals surface area contributed by atoms with Crippen molar-refractivity contribution < 1.29 is 0 Å². The quantitative estimate of drug-likeness (QED) is 0.833. The highest BCUT2D eigenvalue weighted by Crippen LogP contribution is 2.15. The second-order valence-corrected chi connectivity index (χ2v) is 4.70. The zero-order valence-corrected chi connectivity index (χ0v) is 10.4. The molecule has 0 radical (unpaired) electrons. The SMILES string of the molecule is CCNC1CCN(Cc2ccccc2C)C1. The van der Waals surface area contributed by atoms with Crippen LogP contribution in [0.2, 0.25) is 0 Å². The lowest BCUT2D eigenvalue weighted by molar-refractivity contribution is 0.320. The third-order valence-electron chi connectivity index (χ3n) is 3.42. The van der Waals surface area contributed by atoms with Gasteiger partial charge in [-0.3, -0.25) is 4.90 Å². The lowest BCUT2D eigenvalue weighted by Gasteiger charge is -2.17. The average Bonchev–Trinajstić information content (AvgIpc) is 2.70. The molecule has 88 valence electrons. The van der Waals surface area contributed by atoms with E-state index in [2.05, 4.69) is 48.3 Å². The molecule has 1 aliphatic rings. The Morgan fingerprint density at radius 2 is 2.19 bits per heavy atom. The summed E-state index contributed by atoms with van der Waals surface area (Å²) in [6.07, 6.45) is 1.29. The average molecular weight is 218 g/mol. The van der Waals surface area contributed by atoms with E-state index in [1.54, 1.807) is 0 Å². The van der Waals surface area contributed by atoms with Crippen LogP contribution >= 0.6 is 0 Å². The van der Waals surface area contributed by atoms with Crippen LogP contribution in [0.4, 0.5) is 0 Å². The lowest BCUT2D eigenvalue weighted by Crippen LogP contribution is -2.32. The molecule has 0 aromatic heterocycles. The molecule has 0 spiro atoms. The Bertz CT molecular complexity index is 335. The number of hydrogen-bond donors (Lipinski definition) is 1. The molecule has 1 fully saturated rings. The Morgan fingerprint density at radius 3 is 2.94 bits per heavy atom. The van der Waals surface area contributed by atoms with Crippen LogP contribution in [0.3, 0.4) is 0 Å². The molecule has 2 rings (SSSR count). The highest BCUT2D eigenvalue weighted by Gasteiger charge is 2.21. The molecule has 1 unspecified atom stereocenters. The van der Waals surface area contributed by atoms with Gasteiger partial charge in [0.2, 0.25) is 0 Å². The van der Waals surface area contributed by atoms with Gasteiger partial charge in [-0.05, 0) is 31.0 Å². The first-order chi connectivity index (χ1) is 7.79. The first kappa shape index (κ1) is 11.6. The number of likely N-dealkylation sites (N-methyl/N-ethyl adjacent to an activating group) is 1. The van der Waals surface area contributed by atoms with Crippen LogP contribution in [-0.2, 0) is 6.54 Å². The fourth-order valence-corrected chi connectivity index (χ4v) is 2.46. The Hall–Kier alpha value is -0.860. The largest absolute Gasteiger partial charge is 0.313 e. The van der Waals surface area contributed by atoms with Gasteiger partial charge in [-0.1, -0.05) is 31.2 Å². The van der Waals surface area contributed by atoms with Gasteiger partial charge in [0.05, 0.1) is 0 Å². The van der Waals surface area contributed by atoms with Crippen LogP contribution < -0.4 is 5.32 Å². The van der Waals surface area contributed by atoms with Crippen molar-refractivity contribution in [3.8, 4) is 0 Å². The number of benzene rings is 1. The van der Waals surface area contributed by atoms with E-state index in [1.807, 2.05) is 0 Å². The van der Waals surface area contributed by atoms with Gasteiger partial charge in [-0.15, -0.1) is 0 Å². The molecule has 2 heteroatoms. The van der Waals surface area contributed by atoms with Crippen molar-refractivity contribution in [1.82, 2.24) is 10.2 Å². The topological polar surface area (TPSA) is 15.3 Å². The zero-order valence-electron chi connectivity index (χ0n) is 10.4. The lowest BCUT2D eigenvalue weighted by atomic mass is 10.1. The minimum absolute atomic E-state index is 0.703. The summed E-state index contributed by atoms with van der Waals surface area (Å²) < 4.78 is 0. The molecular formula is C14H22N2. The van der Waals surface area contributed by atoms with Crippen molar-refractivity contribution in [2.75, 3.05) is 19.6 Å². The summed E-state index contributed by atoms with van der Waals surface area (Å²) in [5, 5.41) is 3.53. The highest BCUT2D eigenvalue weighted by atomic mass is 15.2. The molecule has 1 heterocycles. The van der Waals surface area contributed by atoms with E-state index in [0.29, 0.717) is 6.04 Å². The fourth-order valence-electron chi connectivity index (χ4n) is 2.46. The number of rotatable bonds is 4. The Morgan fingerprint density at radius 1 is 1.38 bits per heavy atom. The van der Waals surface area contributed by atoms with Gasteiger partial charge in [-0.2, -0.15) is 0 Å². The normalized spacial score (nSPS) is 21.5. The molecule has 0 saturated carbocycles. The van der Waals surface area contributed by atoms with Crippen LogP contribution in [0.25, 0.3) is 0 Å². The molecule has 2 nitrogen and oxygen atoms in total.